The Labute approximate surface area is 101 Å². The van der Waals surface area contributed by atoms with Gasteiger partial charge in [0.15, 0.2) is 11.5 Å². The first kappa shape index (κ1) is 10.9. The number of benzene rings is 1. The molecule has 1 aromatic carbocycles. The minimum atomic E-state index is 0.00308. The van der Waals surface area contributed by atoms with Crippen LogP contribution < -0.4 is 20.9 Å². The third-order valence-corrected chi connectivity index (χ3v) is 3.88. The average molecular weight is 234 g/mol. The number of fused-ring (bicyclic) bond motifs is 1. The summed E-state index contributed by atoms with van der Waals surface area (Å²) < 4.78 is 11.1. The van der Waals surface area contributed by atoms with Crippen LogP contribution in [0.2, 0.25) is 0 Å². The van der Waals surface area contributed by atoms with Crippen molar-refractivity contribution >= 4 is 0 Å². The molecule has 1 aromatic rings. The van der Waals surface area contributed by atoms with Gasteiger partial charge in [-0.25, -0.2) is 0 Å². The van der Waals surface area contributed by atoms with Crippen molar-refractivity contribution in [3.8, 4) is 11.5 Å². The monoisotopic (exact) mass is 234 g/mol. The van der Waals surface area contributed by atoms with E-state index in [1.54, 1.807) is 0 Å². The van der Waals surface area contributed by atoms with Crippen LogP contribution in [0.5, 0.6) is 11.5 Å². The highest BCUT2D eigenvalue weighted by atomic mass is 16.6. The predicted octanol–water partition coefficient (Wildman–Crippen LogP) is 1.20. The molecule has 2 aliphatic rings. The standard InChI is InChI=1S/C13H18N2O2/c14-8-13(3-4-13)12(15)9-1-2-10-11(7-9)17-6-5-16-10/h1-2,7,12H,3-6,8,14-15H2. The Balaban J connectivity index is 1.88. The van der Waals surface area contributed by atoms with Crippen LogP contribution in [0, 0.1) is 5.41 Å². The highest BCUT2D eigenvalue weighted by Crippen LogP contribution is 2.53. The molecule has 17 heavy (non-hydrogen) atoms. The maximum atomic E-state index is 6.30. The number of hydrogen-bond donors (Lipinski definition) is 2. The van der Waals surface area contributed by atoms with Crippen molar-refractivity contribution in [3.05, 3.63) is 23.8 Å². The fourth-order valence-electron chi connectivity index (χ4n) is 2.41. The van der Waals surface area contributed by atoms with E-state index in [1.165, 1.54) is 0 Å². The molecular formula is C13H18N2O2. The van der Waals surface area contributed by atoms with Crippen molar-refractivity contribution in [2.45, 2.75) is 18.9 Å². The van der Waals surface area contributed by atoms with Gasteiger partial charge in [0.05, 0.1) is 0 Å². The van der Waals surface area contributed by atoms with Crippen LogP contribution in [0.4, 0.5) is 0 Å². The summed E-state index contributed by atoms with van der Waals surface area (Å²) >= 11 is 0. The van der Waals surface area contributed by atoms with E-state index in [0.29, 0.717) is 19.8 Å². The molecule has 4 nitrogen and oxygen atoms in total. The van der Waals surface area contributed by atoms with Crippen molar-refractivity contribution in [3.63, 3.8) is 0 Å². The molecule has 1 aliphatic heterocycles. The quantitative estimate of drug-likeness (QED) is 0.824. The summed E-state index contributed by atoms with van der Waals surface area (Å²) in [6.45, 7) is 1.88. The Morgan fingerprint density at radius 3 is 2.53 bits per heavy atom. The Hall–Kier alpha value is -1.26. The fraction of sp³-hybridized carbons (Fsp3) is 0.538. The number of nitrogens with two attached hydrogens (primary N) is 2. The maximum Gasteiger partial charge on any atom is 0.161 e. The van der Waals surface area contributed by atoms with E-state index < -0.39 is 0 Å². The van der Waals surface area contributed by atoms with Gasteiger partial charge in [-0.15, -0.1) is 0 Å². The fourth-order valence-corrected chi connectivity index (χ4v) is 2.41. The molecule has 4 heteroatoms. The van der Waals surface area contributed by atoms with Gasteiger partial charge >= 0.3 is 0 Å². The second-order valence-corrected chi connectivity index (χ2v) is 4.95. The van der Waals surface area contributed by atoms with Gasteiger partial charge in [0.2, 0.25) is 0 Å². The predicted molar refractivity (Wildman–Crippen MR) is 65.1 cm³/mol. The average Bonchev–Trinajstić information content (AvgIpc) is 3.18. The summed E-state index contributed by atoms with van der Waals surface area (Å²) in [7, 11) is 0. The third kappa shape index (κ3) is 1.77. The molecule has 0 amide bonds. The van der Waals surface area contributed by atoms with Crippen LogP contribution in [-0.4, -0.2) is 19.8 Å². The molecule has 1 fully saturated rings. The van der Waals surface area contributed by atoms with Crippen LogP contribution in [0.25, 0.3) is 0 Å². The minimum Gasteiger partial charge on any atom is -0.486 e. The zero-order valence-electron chi connectivity index (χ0n) is 9.82. The van der Waals surface area contributed by atoms with Gasteiger partial charge < -0.3 is 20.9 Å². The van der Waals surface area contributed by atoms with Gasteiger partial charge in [-0.3, -0.25) is 0 Å². The summed E-state index contributed by atoms with van der Waals surface area (Å²) in [5.74, 6) is 1.61. The molecule has 4 N–H and O–H groups in total. The van der Waals surface area contributed by atoms with Crippen LogP contribution in [0.15, 0.2) is 18.2 Å². The zero-order chi connectivity index (χ0) is 11.9. The summed E-state index contributed by atoms with van der Waals surface area (Å²) in [6.07, 6.45) is 2.25. The lowest BCUT2D eigenvalue weighted by Gasteiger charge is -2.24. The van der Waals surface area contributed by atoms with Gasteiger partial charge in [0, 0.05) is 11.5 Å². The Bertz CT molecular complexity index is 429. The van der Waals surface area contributed by atoms with Crippen LogP contribution in [-0.2, 0) is 0 Å². The van der Waals surface area contributed by atoms with Crippen LogP contribution in [0.3, 0.4) is 0 Å². The van der Waals surface area contributed by atoms with Gasteiger partial charge in [0.25, 0.3) is 0 Å². The molecule has 3 rings (SSSR count). The van der Waals surface area contributed by atoms with E-state index in [4.69, 9.17) is 20.9 Å². The molecule has 0 bridgehead atoms. The molecule has 0 spiro atoms. The topological polar surface area (TPSA) is 70.5 Å². The summed E-state index contributed by atoms with van der Waals surface area (Å²) in [5.41, 5.74) is 13.3. The van der Waals surface area contributed by atoms with Crippen molar-refractivity contribution < 1.29 is 9.47 Å². The molecule has 1 heterocycles. The molecule has 1 unspecified atom stereocenters. The van der Waals surface area contributed by atoms with Crippen LogP contribution in [0.1, 0.15) is 24.4 Å². The molecule has 92 valence electrons. The lowest BCUT2D eigenvalue weighted by molar-refractivity contribution is 0.171. The van der Waals surface area contributed by atoms with Crippen LogP contribution >= 0.6 is 0 Å². The lowest BCUT2D eigenvalue weighted by atomic mass is 9.90. The van der Waals surface area contributed by atoms with Gasteiger partial charge in [0.1, 0.15) is 13.2 Å². The van der Waals surface area contributed by atoms with Gasteiger partial charge in [-0.2, -0.15) is 0 Å². The Morgan fingerprint density at radius 1 is 1.18 bits per heavy atom. The highest BCUT2D eigenvalue weighted by Gasteiger charge is 2.47. The SMILES string of the molecule is NCC1(C(N)c2ccc3c(c2)OCCO3)CC1. The molecule has 0 radical (unpaired) electrons. The van der Waals surface area contributed by atoms with Crippen molar-refractivity contribution in [2.75, 3.05) is 19.8 Å². The first-order chi connectivity index (χ1) is 8.25. The number of rotatable bonds is 3. The normalized spacial score (nSPS) is 22.0. The summed E-state index contributed by atoms with van der Waals surface area (Å²) in [4.78, 5) is 0. The first-order valence-corrected chi connectivity index (χ1v) is 6.10. The van der Waals surface area contributed by atoms with E-state index in [1.807, 2.05) is 18.2 Å². The molecule has 1 saturated carbocycles. The maximum absolute atomic E-state index is 6.30. The van der Waals surface area contributed by atoms with Gasteiger partial charge in [-0.05, 0) is 37.1 Å². The third-order valence-electron chi connectivity index (χ3n) is 3.88. The Kier molecular flexibility index (Phi) is 2.49. The van der Waals surface area contributed by atoms with Crippen molar-refractivity contribution in [1.82, 2.24) is 0 Å². The molecule has 0 aromatic heterocycles. The zero-order valence-corrected chi connectivity index (χ0v) is 9.82. The summed E-state index contributed by atoms with van der Waals surface area (Å²) in [5, 5.41) is 0. The first-order valence-electron chi connectivity index (χ1n) is 6.10. The van der Waals surface area contributed by atoms with Gasteiger partial charge in [-0.1, -0.05) is 6.07 Å². The second-order valence-electron chi connectivity index (χ2n) is 4.95. The van der Waals surface area contributed by atoms with E-state index >= 15 is 0 Å². The lowest BCUT2D eigenvalue weighted by Crippen LogP contribution is -2.29. The largest absolute Gasteiger partial charge is 0.486 e. The highest BCUT2D eigenvalue weighted by molar-refractivity contribution is 5.45. The van der Waals surface area contributed by atoms with E-state index in [2.05, 4.69) is 0 Å². The second kappa shape index (κ2) is 3.89. The van der Waals surface area contributed by atoms with Crippen molar-refractivity contribution in [2.24, 2.45) is 16.9 Å². The molecule has 0 saturated heterocycles. The molecular weight excluding hydrogens is 216 g/mol. The van der Waals surface area contributed by atoms with E-state index in [9.17, 15) is 0 Å². The molecule has 1 aliphatic carbocycles. The number of ether oxygens (including phenoxy) is 2. The Morgan fingerprint density at radius 2 is 1.88 bits per heavy atom. The van der Waals surface area contributed by atoms with E-state index in [0.717, 1.165) is 29.9 Å². The van der Waals surface area contributed by atoms with Crippen molar-refractivity contribution in [1.29, 1.82) is 0 Å². The smallest absolute Gasteiger partial charge is 0.161 e. The number of hydrogen-bond acceptors (Lipinski definition) is 4. The van der Waals surface area contributed by atoms with E-state index in [-0.39, 0.29) is 11.5 Å². The summed E-state index contributed by atoms with van der Waals surface area (Å²) in [6, 6.07) is 5.96. The molecule has 1 atom stereocenters. The minimum absolute atomic E-state index is 0.00308.